The predicted octanol–water partition coefficient (Wildman–Crippen LogP) is 4.72. The zero-order chi connectivity index (χ0) is 16.3. The van der Waals surface area contributed by atoms with Crippen LogP contribution in [0.4, 0.5) is 0 Å². The van der Waals surface area contributed by atoms with Gasteiger partial charge in [-0.05, 0) is 52.8 Å². The Bertz CT molecular complexity index is 627. The molecule has 2 nitrogen and oxygen atoms in total. The molecule has 0 saturated heterocycles. The second-order valence-electron chi connectivity index (χ2n) is 8.61. The summed E-state index contributed by atoms with van der Waals surface area (Å²) in [5.74, 6) is 1.59. The van der Waals surface area contributed by atoms with Gasteiger partial charge < -0.3 is 5.11 Å². The number of benzene rings is 1. The molecule has 3 rings (SSSR count). The number of phenols is 1. The van der Waals surface area contributed by atoms with Crippen molar-refractivity contribution < 1.29 is 9.90 Å². The number of carbonyl (C=O) groups excluding carboxylic acids is 1. The number of ketones is 1. The van der Waals surface area contributed by atoms with Gasteiger partial charge >= 0.3 is 0 Å². The lowest BCUT2D eigenvalue weighted by atomic mass is 9.50. The van der Waals surface area contributed by atoms with Crippen molar-refractivity contribution in [1.29, 1.82) is 0 Å². The van der Waals surface area contributed by atoms with Gasteiger partial charge in [0, 0.05) is 18.3 Å². The molecular weight excluding hydrogens is 272 g/mol. The summed E-state index contributed by atoms with van der Waals surface area (Å²) in [5, 5.41) is 10.5. The van der Waals surface area contributed by atoms with E-state index in [0.717, 1.165) is 18.4 Å². The van der Waals surface area contributed by atoms with Crippen molar-refractivity contribution in [1.82, 2.24) is 0 Å². The summed E-state index contributed by atoms with van der Waals surface area (Å²) in [6.07, 6.45) is 3.52. The van der Waals surface area contributed by atoms with E-state index in [4.69, 9.17) is 0 Å². The Morgan fingerprint density at radius 3 is 2.50 bits per heavy atom. The Morgan fingerprint density at radius 1 is 1.18 bits per heavy atom. The molecule has 0 unspecified atom stereocenters. The molecule has 2 aliphatic rings. The molecule has 1 saturated carbocycles. The molecule has 0 bridgehead atoms. The first kappa shape index (κ1) is 15.6. The lowest BCUT2D eigenvalue weighted by Crippen LogP contribution is -2.50. The summed E-state index contributed by atoms with van der Waals surface area (Å²) in [6.45, 7) is 10.9. The third-order valence-electron chi connectivity index (χ3n) is 6.12. The fourth-order valence-electron chi connectivity index (χ4n) is 5.23. The highest BCUT2D eigenvalue weighted by atomic mass is 16.3. The molecule has 2 aliphatic carbocycles. The molecule has 0 aliphatic heterocycles. The van der Waals surface area contributed by atoms with E-state index in [1.54, 1.807) is 0 Å². The van der Waals surface area contributed by atoms with Crippen molar-refractivity contribution in [3.05, 3.63) is 28.8 Å². The Kier molecular flexibility index (Phi) is 3.43. The molecule has 22 heavy (non-hydrogen) atoms. The van der Waals surface area contributed by atoms with E-state index in [0.29, 0.717) is 36.2 Å². The molecule has 120 valence electrons. The number of hydrogen-bond donors (Lipinski definition) is 1. The number of phenolic OH excluding ortho intramolecular Hbond substituents is 1. The molecule has 1 N–H and O–H groups in total. The number of carbonyl (C=O) groups is 1. The lowest BCUT2D eigenvalue weighted by Gasteiger charge is -2.53. The molecule has 2 heteroatoms. The molecule has 1 aromatic carbocycles. The topological polar surface area (TPSA) is 37.3 Å². The summed E-state index contributed by atoms with van der Waals surface area (Å²) >= 11 is 0. The maximum Gasteiger partial charge on any atom is 0.134 e. The quantitative estimate of drug-likeness (QED) is 0.814. The third-order valence-corrected chi connectivity index (χ3v) is 6.12. The third kappa shape index (κ3) is 2.19. The maximum atomic E-state index is 12.3. The Hall–Kier alpha value is -1.31. The summed E-state index contributed by atoms with van der Waals surface area (Å²) < 4.78 is 0. The fourth-order valence-corrected chi connectivity index (χ4v) is 5.23. The number of hydrogen-bond acceptors (Lipinski definition) is 2. The smallest absolute Gasteiger partial charge is 0.134 e. The van der Waals surface area contributed by atoms with E-state index < -0.39 is 0 Å². The largest absolute Gasteiger partial charge is 0.508 e. The van der Waals surface area contributed by atoms with Gasteiger partial charge in [-0.25, -0.2) is 0 Å². The van der Waals surface area contributed by atoms with Crippen molar-refractivity contribution in [3.63, 3.8) is 0 Å². The Labute approximate surface area is 133 Å². The molecular formula is C20H28O2. The van der Waals surface area contributed by atoms with Crippen LogP contribution in [-0.4, -0.2) is 10.9 Å². The van der Waals surface area contributed by atoms with Gasteiger partial charge in [-0.3, -0.25) is 4.79 Å². The SMILES string of the molecule is CC(C)c1cc2c(cc1O)[C@@]1(C)CC(=O)CC(C)(C)[C@H]1CC2. The standard InChI is InChI=1S/C20H28O2/c1-12(2)15-8-13-6-7-18-19(3,4)10-14(21)11-20(18,5)16(13)9-17(15)22/h8-9,12,18,22H,6-7,10-11H2,1-5H3/t18-,20-/m1/s1. The van der Waals surface area contributed by atoms with Crippen molar-refractivity contribution in [2.75, 3.05) is 0 Å². The van der Waals surface area contributed by atoms with E-state index in [1.807, 2.05) is 6.07 Å². The van der Waals surface area contributed by atoms with Gasteiger partial charge in [-0.15, -0.1) is 0 Å². The second-order valence-corrected chi connectivity index (χ2v) is 8.61. The van der Waals surface area contributed by atoms with Gasteiger partial charge in [0.1, 0.15) is 11.5 Å². The first-order valence-corrected chi connectivity index (χ1v) is 8.53. The number of aryl methyl sites for hydroxylation is 1. The average Bonchev–Trinajstić information content (AvgIpc) is 2.36. The molecule has 0 aromatic heterocycles. The molecule has 0 heterocycles. The van der Waals surface area contributed by atoms with Crippen molar-refractivity contribution >= 4 is 5.78 Å². The normalized spacial score (nSPS) is 30.1. The van der Waals surface area contributed by atoms with Crippen LogP contribution in [0.3, 0.4) is 0 Å². The Morgan fingerprint density at radius 2 is 1.86 bits per heavy atom. The maximum absolute atomic E-state index is 12.3. The van der Waals surface area contributed by atoms with Gasteiger partial charge in [0.05, 0.1) is 0 Å². The van der Waals surface area contributed by atoms with Crippen LogP contribution in [0, 0.1) is 11.3 Å². The monoisotopic (exact) mass is 300 g/mol. The van der Waals surface area contributed by atoms with Crippen LogP contribution >= 0.6 is 0 Å². The first-order chi connectivity index (χ1) is 10.1. The van der Waals surface area contributed by atoms with Gasteiger partial charge in [0.15, 0.2) is 0 Å². The molecule has 2 atom stereocenters. The summed E-state index contributed by atoms with van der Waals surface area (Å²) in [5.41, 5.74) is 3.51. The lowest BCUT2D eigenvalue weighted by molar-refractivity contribution is -0.129. The van der Waals surface area contributed by atoms with Crippen LogP contribution in [0.2, 0.25) is 0 Å². The zero-order valence-electron chi connectivity index (χ0n) is 14.5. The Balaban J connectivity index is 2.16. The van der Waals surface area contributed by atoms with Crippen LogP contribution in [0.1, 0.15) is 76.5 Å². The predicted molar refractivity (Wildman–Crippen MR) is 89.4 cm³/mol. The highest BCUT2D eigenvalue weighted by Crippen LogP contribution is 2.56. The van der Waals surface area contributed by atoms with E-state index in [1.165, 1.54) is 11.1 Å². The average molecular weight is 300 g/mol. The van der Waals surface area contributed by atoms with Crippen molar-refractivity contribution in [3.8, 4) is 5.75 Å². The van der Waals surface area contributed by atoms with Crippen LogP contribution in [0.15, 0.2) is 12.1 Å². The van der Waals surface area contributed by atoms with Gasteiger partial charge in [-0.2, -0.15) is 0 Å². The number of aromatic hydroxyl groups is 1. The van der Waals surface area contributed by atoms with E-state index in [-0.39, 0.29) is 10.8 Å². The van der Waals surface area contributed by atoms with Gasteiger partial charge in [0.2, 0.25) is 0 Å². The molecule has 0 spiro atoms. The van der Waals surface area contributed by atoms with Crippen LogP contribution in [0.5, 0.6) is 5.75 Å². The molecule has 0 radical (unpaired) electrons. The highest BCUT2D eigenvalue weighted by Gasteiger charge is 2.52. The van der Waals surface area contributed by atoms with Gasteiger partial charge in [0.25, 0.3) is 0 Å². The molecule has 0 amide bonds. The van der Waals surface area contributed by atoms with Crippen LogP contribution < -0.4 is 0 Å². The van der Waals surface area contributed by atoms with E-state index >= 15 is 0 Å². The number of rotatable bonds is 1. The molecule has 1 fully saturated rings. The number of fused-ring (bicyclic) bond motifs is 3. The van der Waals surface area contributed by atoms with Crippen LogP contribution in [0.25, 0.3) is 0 Å². The fraction of sp³-hybridized carbons (Fsp3) is 0.650. The summed E-state index contributed by atoms with van der Waals surface area (Å²) in [6, 6.07) is 4.15. The minimum absolute atomic E-state index is 0.0497. The second kappa shape index (κ2) is 4.84. The zero-order valence-corrected chi connectivity index (χ0v) is 14.5. The summed E-state index contributed by atoms with van der Waals surface area (Å²) in [4.78, 5) is 12.3. The first-order valence-electron chi connectivity index (χ1n) is 8.53. The van der Waals surface area contributed by atoms with Gasteiger partial charge in [-0.1, -0.05) is 40.7 Å². The summed E-state index contributed by atoms with van der Waals surface area (Å²) in [7, 11) is 0. The van der Waals surface area contributed by atoms with E-state index in [9.17, 15) is 9.90 Å². The van der Waals surface area contributed by atoms with E-state index in [2.05, 4.69) is 40.7 Å². The van der Waals surface area contributed by atoms with Crippen molar-refractivity contribution in [2.45, 2.75) is 71.6 Å². The minimum atomic E-state index is -0.126. The highest BCUT2D eigenvalue weighted by molar-refractivity contribution is 5.82. The minimum Gasteiger partial charge on any atom is -0.508 e. The molecule has 1 aromatic rings. The van der Waals surface area contributed by atoms with Crippen molar-refractivity contribution in [2.24, 2.45) is 11.3 Å². The number of Topliss-reactive ketones (excluding diaryl/α,β-unsaturated/α-hetero) is 1. The van der Waals surface area contributed by atoms with Crippen LogP contribution in [-0.2, 0) is 16.6 Å².